The lowest BCUT2D eigenvalue weighted by Crippen LogP contribution is -2.21. The fourth-order valence-corrected chi connectivity index (χ4v) is 2.71. The zero-order chi connectivity index (χ0) is 10.5. The van der Waals surface area contributed by atoms with Crippen molar-refractivity contribution in [2.75, 3.05) is 13.2 Å². The third-order valence-electron chi connectivity index (χ3n) is 2.97. The Morgan fingerprint density at radius 2 is 1.93 bits per heavy atom. The summed E-state index contributed by atoms with van der Waals surface area (Å²) >= 11 is 3.56. The van der Waals surface area contributed by atoms with E-state index < -0.39 is 0 Å². The molecule has 0 unspecified atom stereocenters. The second kappa shape index (κ2) is 3.12. The average molecular weight is 270 g/mol. The highest BCUT2D eigenvalue weighted by molar-refractivity contribution is 9.10. The van der Waals surface area contributed by atoms with E-state index in [9.17, 15) is 0 Å². The SMILES string of the molecule is NC1(c2ccc3c(c2Br)OCCO3)CC1. The normalized spacial score (nSPS) is 21.2. The Hall–Kier alpha value is -0.740. The molecule has 1 heterocycles. The minimum Gasteiger partial charge on any atom is -0.486 e. The van der Waals surface area contributed by atoms with Crippen LogP contribution in [0.3, 0.4) is 0 Å². The molecule has 2 aliphatic rings. The first-order valence-electron chi connectivity index (χ1n) is 5.08. The van der Waals surface area contributed by atoms with Gasteiger partial charge in [-0.15, -0.1) is 0 Å². The number of hydrogen-bond acceptors (Lipinski definition) is 3. The van der Waals surface area contributed by atoms with E-state index in [1.807, 2.05) is 12.1 Å². The van der Waals surface area contributed by atoms with Crippen LogP contribution in [-0.4, -0.2) is 13.2 Å². The first kappa shape index (κ1) is 9.48. The summed E-state index contributed by atoms with van der Waals surface area (Å²) in [5.74, 6) is 1.61. The molecule has 1 aliphatic heterocycles. The van der Waals surface area contributed by atoms with E-state index in [-0.39, 0.29) is 5.54 Å². The van der Waals surface area contributed by atoms with Crippen molar-refractivity contribution in [3.63, 3.8) is 0 Å². The van der Waals surface area contributed by atoms with Crippen molar-refractivity contribution in [2.24, 2.45) is 5.73 Å². The van der Waals surface area contributed by atoms with Gasteiger partial charge in [0.25, 0.3) is 0 Å². The van der Waals surface area contributed by atoms with Crippen molar-refractivity contribution < 1.29 is 9.47 Å². The zero-order valence-corrected chi connectivity index (χ0v) is 9.84. The van der Waals surface area contributed by atoms with Crippen LogP contribution in [0.2, 0.25) is 0 Å². The van der Waals surface area contributed by atoms with E-state index in [0.29, 0.717) is 13.2 Å². The highest BCUT2D eigenvalue weighted by Crippen LogP contribution is 2.50. The molecule has 0 atom stereocenters. The summed E-state index contributed by atoms with van der Waals surface area (Å²) in [4.78, 5) is 0. The second-order valence-corrected chi connectivity index (χ2v) is 4.90. The fourth-order valence-electron chi connectivity index (χ4n) is 1.87. The average Bonchev–Trinajstić information content (AvgIpc) is 2.98. The zero-order valence-electron chi connectivity index (χ0n) is 8.25. The van der Waals surface area contributed by atoms with Crippen molar-refractivity contribution in [1.82, 2.24) is 0 Å². The molecule has 0 saturated heterocycles. The summed E-state index contributed by atoms with van der Waals surface area (Å²) in [6.07, 6.45) is 2.09. The first-order chi connectivity index (χ1) is 7.21. The molecular formula is C11H12BrNO2. The molecule has 3 nitrogen and oxygen atoms in total. The lowest BCUT2D eigenvalue weighted by molar-refractivity contribution is 0.170. The number of hydrogen-bond donors (Lipinski definition) is 1. The molecule has 15 heavy (non-hydrogen) atoms. The fraction of sp³-hybridized carbons (Fsp3) is 0.455. The Bertz CT molecular complexity index is 415. The minimum atomic E-state index is -0.144. The summed E-state index contributed by atoms with van der Waals surface area (Å²) in [5.41, 5.74) is 7.16. The molecule has 1 aliphatic carbocycles. The number of benzene rings is 1. The number of halogens is 1. The Morgan fingerprint density at radius 3 is 2.67 bits per heavy atom. The van der Waals surface area contributed by atoms with Gasteiger partial charge < -0.3 is 15.2 Å². The van der Waals surface area contributed by atoms with Crippen LogP contribution in [0.15, 0.2) is 16.6 Å². The van der Waals surface area contributed by atoms with Crippen LogP contribution in [0.25, 0.3) is 0 Å². The quantitative estimate of drug-likeness (QED) is 0.850. The first-order valence-corrected chi connectivity index (χ1v) is 5.87. The Kier molecular flexibility index (Phi) is 1.97. The van der Waals surface area contributed by atoms with Crippen LogP contribution in [0.1, 0.15) is 18.4 Å². The monoisotopic (exact) mass is 269 g/mol. The van der Waals surface area contributed by atoms with E-state index in [0.717, 1.165) is 34.4 Å². The smallest absolute Gasteiger partial charge is 0.175 e. The molecule has 1 saturated carbocycles. The predicted octanol–water partition coefficient (Wildman–Crippen LogP) is 2.17. The molecule has 0 amide bonds. The molecule has 0 aromatic heterocycles. The van der Waals surface area contributed by atoms with E-state index >= 15 is 0 Å². The molecule has 0 radical (unpaired) electrons. The molecule has 3 rings (SSSR count). The highest BCUT2D eigenvalue weighted by Gasteiger charge is 2.42. The topological polar surface area (TPSA) is 44.5 Å². The standard InChI is InChI=1S/C11H12BrNO2/c12-9-7(11(13)3-4-11)1-2-8-10(9)15-6-5-14-8/h1-2H,3-6,13H2. The van der Waals surface area contributed by atoms with Gasteiger partial charge in [-0.25, -0.2) is 0 Å². The third-order valence-corrected chi connectivity index (χ3v) is 3.76. The minimum absolute atomic E-state index is 0.144. The maximum Gasteiger partial charge on any atom is 0.175 e. The van der Waals surface area contributed by atoms with E-state index in [1.54, 1.807) is 0 Å². The van der Waals surface area contributed by atoms with Crippen LogP contribution in [-0.2, 0) is 5.54 Å². The van der Waals surface area contributed by atoms with Crippen molar-refractivity contribution >= 4 is 15.9 Å². The molecule has 1 aromatic rings. The van der Waals surface area contributed by atoms with E-state index in [2.05, 4.69) is 15.9 Å². The van der Waals surface area contributed by atoms with E-state index in [4.69, 9.17) is 15.2 Å². The predicted molar refractivity (Wildman–Crippen MR) is 60.2 cm³/mol. The lowest BCUT2D eigenvalue weighted by atomic mass is 10.1. The Balaban J connectivity index is 2.11. The molecule has 0 spiro atoms. The highest BCUT2D eigenvalue weighted by atomic mass is 79.9. The van der Waals surface area contributed by atoms with Crippen LogP contribution in [0.4, 0.5) is 0 Å². The van der Waals surface area contributed by atoms with Gasteiger partial charge in [0.2, 0.25) is 0 Å². The molecule has 1 aromatic carbocycles. The van der Waals surface area contributed by atoms with Gasteiger partial charge in [0.15, 0.2) is 11.5 Å². The van der Waals surface area contributed by atoms with Crippen molar-refractivity contribution in [3.05, 3.63) is 22.2 Å². The molecule has 80 valence electrons. The maximum absolute atomic E-state index is 6.18. The summed E-state index contributed by atoms with van der Waals surface area (Å²) in [5, 5.41) is 0. The number of nitrogens with two attached hydrogens (primary N) is 1. The largest absolute Gasteiger partial charge is 0.486 e. The number of ether oxygens (including phenoxy) is 2. The lowest BCUT2D eigenvalue weighted by Gasteiger charge is -2.22. The van der Waals surface area contributed by atoms with Gasteiger partial charge in [-0.3, -0.25) is 0 Å². The van der Waals surface area contributed by atoms with Crippen LogP contribution in [0.5, 0.6) is 11.5 Å². The molecule has 2 N–H and O–H groups in total. The Labute approximate surface area is 96.7 Å². The molecule has 1 fully saturated rings. The third kappa shape index (κ3) is 1.43. The van der Waals surface area contributed by atoms with E-state index in [1.165, 1.54) is 0 Å². The Morgan fingerprint density at radius 1 is 1.20 bits per heavy atom. The number of rotatable bonds is 1. The summed E-state index contributed by atoms with van der Waals surface area (Å²) in [7, 11) is 0. The van der Waals surface area contributed by atoms with Crippen molar-refractivity contribution in [3.8, 4) is 11.5 Å². The van der Waals surface area contributed by atoms with Gasteiger partial charge in [-0.1, -0.05) is 6.07 Å². The maximum atomic E-state index is 6.18. The van der Waals surface area contributed by atoms with Crippen molar-refractivity contribution in [1.29, 1.82) is 0 Å². The van der Waals surface area contributed by atoms with Crippen LogP contribution < -0.4 is 15.2 Å². The van der Waals surface area contributed by atoms with Gasteiger partial charge >= 0.3 is 0 Å². The van der Waals surface area contributed by atoms with Crippen LogP contribution >= 0.6 is 15.9 Å². The van der Waals surface area contributed by atoms with Crippen molar-refractivity contribution in [2.45, 2.75) is 18.4 Å². The molecule has 4 heteroatoms. The van der Waals surface area contributed by atoms with Crippen LogP contribution in [0, 0.1) is 0 Å². The number of fused-ring (bicyclic) bond motifs is 1. The van der Waals surface area contributed by atoms with Gasteiger partial charge in [0.05, 0.1) is 4.47 Å². The summed E-state index contributed by atoms with van der Waals surface area (Å²) in [6, 6.07) is 3.98. The summed E-state index contributed by atoms with van der Waals surface area (Å²) in [6.45, 7) is 1.22. The van der Waals surface area contributed by atoms with Gasteiger partial charge in [-0.05, 0) is 40.4 Å². The molecule has 0 bridgehead atoms. The van der Waals surface area contributed by atoms with Gasteiger partial charge in [0.1, 0.15) is 13.2 Å². The van der Waals surface area contributed by atoms with Gasteiger partial charge in [-0.2, -0.15) is 0 Å². The summed E-state index contributed by atoms with van der Waals surface area (Å²) < 4.78 is 12.0. The second-order valence-electron chi connectivity index (χ2n) is 4.11. The molecular weight excluding hydrogens is 258 g/mol. The van der Waals surface area contributed by atoms with Gasteiger partial charge in [0, 0.05) is 5.54 Å².